The molecule has 0 bridgehead atoms. The highest BCUT2D eigenvalue weighted by Crippen LogP contribution is 3.02. The van der Waals surface area contributed by atoms with E-state index in [0.717, 1.165) is 12.1 Å². The van der Waals surface area contributed by atoms with Crippen LogP contribution in [0.1, 0.15) is 5.56 Å². The number of hydrogen-bond donors (Lipinski definition) is 0. The van der Waals surface area contributed by atoms with Crippen LogP contribution in [0.3, 0.4) is 0 Å². The Morgan fingerprint density at radius 1 is 0.765 bits per heavy atom. The summed E-state index contributed by atoms with van der Waals surface area (Å²) < 4.78 is 64.0. The molecule has 0 spiro atoms. The molecule has 0 radical (unpaired) electrons. The first-order chi connectivity index (χ1) is 7.49. The minimum Gasteiger partial charge on any atom is -0.0936 e. The second kappa shape index (κ2) is 2.75. The minimum atomic E-state index is -9.63. The highest BCUT2D eigenvalue weighted by molar-refractivity contribution is 8.46. The lowest BCUT2D eigenvalue weighted by Crippen LogP contribution is -2.06. The summed E-state index contributed by atoms with van der Waals surface area (Å²) in [6, 6.07) is 6.82. The van der Waals surface area contributed by atoms with Gasteiger partial charge in [-0.3, -0.25) is 0 Å². The van der Waals surface area contributed by atoms with E-state index in [-0.39, 0.29) is 5.39 Å². The molecule has 94 valence electrons. The van der Waals surface area contributed by atoms with Crippen LogP contribution in [-0.4, -0.2) is 0 Å². The summed E-state index contributed by atoms with van der Waals surface area (Å²) in [5.41, 5.74) is 0.534. The van der Waals surface area contributed by atoms with E-state index in [1.807, 2.05) is 0 Å². The predicted octanol–water partition coefficient (Wildman–Crippen LogP) is 5.81. The van der Waals surface area contributed by atoms with Crippen molar-refractivity contribution in [3.05, 3.63) is 42.0 Å². The molecule has 2 aromatic rings. The van der Waals surface area contributed by atoms with Crippen LogP contribution in [-0.2, 0) is 0 Å². The first-order valence-corrected chi connectivity index (χ1v) is 6.66. The Bertz CT molecular complexity index is 600. The predicted molar refractivity (Wildman–Crippen MR) is 60.1 cm³/mol. The molecule has 0 amide bonds. The molecule has 0 atom stereocenters. The SMILES string of the molecule is Cc1cccc2c(S(F)(F)(F)(F)F)cccc12. The zero-order chi connectivity index (χ0) is 13.0. The lowest BCUT2D eigenvalue weighted by atomic mass is 10.1. The molecule has 0 aliphatic rings. The fourth-order valence-corrected chi connectivity index (χ4v) is 2.70. The third-order valence-corrected chi connectivity index (χ3v) is 3.70. The number of rotatable bonds is 1. The van der Waals surface area contributed by atoms with Gasteiger partial charge in [0.25, 0.3) is 0 Å². The Balaban J connectivity index is 2.97. The molecule has 0 aliphatic carbocycles. The zero-order valence-electron chi connectivity index (χ0n) is 8.76. The van der Waals surface area contributed by atoms with Crippen LogP contribution >= 0.6 is 10.2 Å². The van der Waals surface area contributed by atoms with Gasteiger partial charge in [-0.25, -0.2) is 0 Å². The number of benzene rings is 2. The van der Waals surface area contributed by atoms with E-state index >= 15 is 0 Å². The standard InChI is InChI=1S/C11H9F5S/c1-8-4-2-6-10-9(8)5-3-7-11(10)17(12,13,14,15)16/h2-7H,1H3. The summed E-state index contributed by atoms with van der Waals surface area (Å²) in [5, 5.41) is -0.259. The van der Waals surface area contributed by atoms with E-state index in [0.29, 0.717) is 11.6 Å². The van der Waals surface area contributed by atoms with Crippen molar-refractivity contribution in [2.24, 2.45) is 0 Å². The van der Waals surface area contributed by atoms with Crippen molar-refractivity contribution in [3.63, 3.8) is 0 Å². The first kappa shape index (κ1) is 12.2. The number of hydrogen-bond acceptors (Lipinski definition) is 0. The summed E-state index contributed by atoms with van der Waals surface area (Å²) in [4.78, 5) is -1.81. The van der Waals surface area contributed by atoms with Crippen LogP contribution in [0.25, 0.3) is 10.8 Å². The molecule has 2 aromatic carbocycles. The van der Waals surface area contributed by atoms with Gasteiger partial charge in [-0.15, -0.1) is 0 Å². The highest BCUT2D eigenvalue weighted by atomic mass is 32.5. The lowest BCUT2D eigenvalue weighted by molar-refractivity contribution is 0.365. The van der Waals surface area contributed by atoms with Crippen LogP contribution in [0.4, 0.5) is 19.4 Å². The van der Waals surface area contributed by atoms with E-state index in [2.05, 4.69) is 0 Å². The van der Waals surface area contributed by atoms with Gasteiger partial charge in [0.1, 0.15) is 4.90 Å². The van der Waals surface area contributed by atoms with E-state index in [1.165, 1.54) is 12.1 Å². The Hall–Kier alpha value is -1.30. The maximum atomic E-state index is 12.8. The summed E-state index contributed by atoms with van der Waals surface area (Å²) in [5.74, 6) is 0. The Kier molecular flexibility index (Phi) is 1.96. The Morgan fingerprint density at radius 2 is 1.29 bits per heavy atom. The molecule has 0 fully saturated rings. The fourth-order valence-electron chi connectivity index (χ4n) is 1.77. The van der Waals surface area contributed by atoms with E-state index in [4.69, 9.17) is 0 Å². The van der Waals surface area contributed by atoms with Crippen LogP contribution in [0.5, 0.6) is 0 Å². The average molecular weight is 268 g/mol. The fraction of sp³-hybridized carbons (Fsp3) is 0.0909. The molecule has 17 heavy (non-hydrogen) atoms. The van der Waals surface area contributed by atoms with E-state index < -0.39 is 20.5 Å². The maximum absolute atomic E-state index is 12.8. The molecule has 0 unspecified atom stereocenters. The number of aryl methyl sites for hydroxylation is 1. The number of fused-ring (bicyclic) bond motifs is 1. The minimum absolute atomic E-state index is 0.193. The molecule has 0 aliphatic heterocycles. The normalized spacial score (nSPS) is 16.6. The second-order valence-electron chi connectivity index (χ2n) is 3.90. The average Bonchev–Trinajstić information content (AvgIpc) is 2.14. The van der Waals surface area contributed by atoms with Crippen molar-refractivity contribution in [3.8, 4) is 0 Å². The van der Waals surface area contributed by atoms with Crippen molar-refractivity contribution in [1.82, 2.24) is 0 Å². The summed E-state index contributed by atoms with van der Waals surface area (Å²) in [7, 11) is -9.63. The van der Waals surface area contributed by atoms with Crippen molar-refractivity contribution in [2.75, 3.05) is 0 Å². The summed E-state index contributed by atoms with van der Waals surface area (Å²) >= 11 is 0. The molecule has 0 heterocycles. The van der Waals surface area contributed by atoms with Crippen molar-refractivity contribution in [1.29, 1.82) is 0 Å². The molecule has 6 heteroatoms. The van der Waals surface area contributed by atoms with Gasteiger partial charge < -0.3 is 0 Å². The highest BCUT2D eigenvalue weighted by Gasteiger charge is 2.66. The van der Waals surface area contributed by atoms with Gasteiger partial charge in [0, 0.05) is 5.39 Å². The molecule has 0 aromatic heterocycles. The van der Waals surface area contributed by atoms with E-state index in [1.54, 1.807) is 13.0 Å². The molecule has 0 saturated carbocycles. The third kappa shape index (κ3) is 2.22. The van der Waals surface area contributed by atoms with Gasteiger partial charge in [-0.05, 0) is 23.9 Å². The smallest absolute Gasteiger partial charge is 0.0936 e. The quantitative estimate of drug-likeness (QED) is 0.573. The zero-order valence-corrected chi connectivity index (χ0v) is 9.58. The summed E-state index contributed by atoms with van der Waals surface area (Å²) in [6.45, 7) is 1.58. The van der Waals surface area contributed by atoms with Crippen LogP contribution < -0.4 is 0 Å². The Labute approximate surface area is 94.8 Å². The first-order valence-electron chi connectivity index (χ1n) is 4.71. The topological polar surface area (TPSA) is 0 Å². The van der Waals surface area contributed by atoms with Crippen LogP contribution in [0, 0.1) is 6.92 Å². The van der Waals surface area contributed by atoms with Gasteiger partial charge in [0.15, 0.2) is 0 Å². The van der Waals surface area contributed by atoms with E-state index in [9.17, 15) is 19.4 Å². The molecule has 0 N–H and O–H groups in total. The summed E-state index contributed by atoms with van der Waals surface area (Å²) in [6.07, 6.45) is 0. The molecular weight excluding hydrogens is 259 g/mol. The third-order valence-electron chi connectivity index (χ3n) is 2.52. The monoisotopic (exact) mass is 268 g/mol. The number of halogens is 5. The molecular formula is C11H9F5S. The molecule has 0 saturated heterocycles. The van der Waals surface area contributed by atoms with Gasteiger partial charge in [-0.1, -0.05) is 49.8 Å². The van der Waals surface area contributed by atoms with Crippen molar-refractivity contribution >= 4 is 21.0 Å². The second-order valence-corrected chi connectivity index (χ2v) is 6.27. The van der Waals surface area contributed by atoms with Gasteiger partial charge in [-0.2, -0.15) is 0 Å². The molecule has 2 rings (SSSR count). The largest absolute Gasteiger partial charge is 0.311 e. The maximum Gasteiger partial charge on any atom is 0.311 e. The van der Waals surface area contributed by atoms with Gasteiger partial charge in [0.2, 0.25) is 0 Å². The van der Waals surface area contributed by atoms with Gasteiger partial charge in [0.05, 0.1) is 0 Å². The lowest BCUT2D eigenvalue weighted by Gasteiger charge is -2.41. The van der Waals surface area contributed by atoms with Crippen molar-refractivity contribution in [2.45, 2.75) is 11.8 Å². The van der Waals surface area contributed by atoms with Crippen LogP contribution in [0.2, 0.25) is 0 Å². The van der Waals surface area contributed by atoms with Crippen LogP contribution in [0.15, 0.2) is 41.3 Å². The molecule has 0 nitrogen and oxygen atoms in total. The van der Waals surface area contributed by atoms with Gasteiger partial charge >= 0.3 is 10.2 Å². The Morgan fingerprint density at radius 3 is 1.88 bits per heavy atom. The van der Waals surface area contributed by atoms with Crippen molar-refractivity contribution < 1.29 is 19.4 Å².